The van der Waals surface area contributed by atoms with E-state index in [9.17, 15) is 9.59 Å². The third-order valence-electron chi connectivity index (χ3n) is 2.63. The van der Waals surface area contributed by atoms with Crippen molar-refractivity contribution in [3.63, 3.8) is 0 Å². The first-order chi connectivity index (χ1) is 8.24. The number of hydrogen-bond donors (Lipinski definition) is 1. The van der Waals surface area contributed by atoms with Gasteiger partial charge in [0, 0.05) is 11.5 Å². The van der Waals surface area contributed by atoms with Gasteiger partial charge in [-0.25, -0.2) is 4.98 Å². The molecule has 0 spiro atoms. The van der Waals surface area contributed by atoms with Crippen LogP contribution in [0.25, 0.3) is 16.5 Å². The quantitative estimate of drug-likeness (QED) is 0.742. The molecular formula is C13H8N2O2. The molecular weight excluding hydrogens is 216 g/mol. The summed E-state index contributed by atoms with van der Waals surface area (Å²) in [7, 11) is 0. The molecule has 0 saturated carbocycles. The number of benzene rings is 1. The summed E-state index contributed by atoms with van der Waals surface area (Å²) in [5.41, 5.74) is 1.64. The maximum Gasteiger partial charge on any atom is 0.260 e. The summed E-state index contributed by atoms with van der Waals surface area (Å²) in [5, 5.41) is 3.20. The van der Waals surface area contributed by atoms with Crippen molar-refractivity contribution in [1.29, 1.82) is 0 Å². The number of nitrogens with zero attached hydrogens (tertiary/aromatic N) is 1. The number of para-hydroxylation sites is 1. The average molecular weight is 224 g/mol. The maximum atomic E-state index is 11.5. The zero-order valence-corrected chi connectivity index (χ0v) is 8.81. The van der Waals surface area contributed by atoms with Crippen LogP contribution >= 0.6 is 0 Å². The summed E-state index contributed by atoms with van der Waals surface area (Å²) in [4.78, 5) is 26.9. The van der Waals surface area contributed by atoms with Crippen molar-refractivity contribution in [2.24, 2.45) is 0 Å². The first-order valence-electron chi connectivity index (χ1n) is 5.17. The highest BCUT2D eigenvalue weighted by molar-refractivity contribution is 6.33. The fourth-order valence-corrected chi connectivity index (χ4v) is 1.82. The van der Waals surface area contributed by atoms with E-state index in [2.05, 4.69) is 10.3 Å². The lowest BCUT2D eigenvalue weighted by atomic mass is 10.1. The van der Waals surface area contributed by atoms with E-state index in [0.29, 0.717) is 11.3 Å². The Morgan fingerprint density at radius 1 is 1.00 bits per heavy atom. The summed E-state index contributed by atoms with van der Waals surface area (Å²) in [6, 6.07) is 11.2. The number of pyridine rings is 1. The summed E-state index contributed by atoms with van der Waals surface area (Å²) in [5.74, 6) is -0.780. The van der Waals surface area contributed by atoms with Gasteiger partial charge in [-0.3, -0.25) is 14.9 Å². The minimum absolute atomic E-state index is 0.320. The summed E-state index contributed by atoms with van der Waals surface area (Å²) < 4.78 is 0. The molecule has 4 heteroatoms. The first kappa shape index (κ1) is 9.72. The Kier molecular flexibility index (Phi) is 2.01. The fourth-order valence-electron chi connectivity index (χ4n) is 1.82. The number of nitrogens with one attached hydrogen (secondary N) is 1. The molecule has 82 valence electrons. The third-order valence-corrected chi connectivity index (χ3v) is 2.63. The number of aromatic nitrogens is 1. The molecule has 1 N–H and O–H groups in total. The van der Waals surface area contributed by atoms with Gasteiger partial charge in [0.25, 0.3) is 11.8 Å². The molecule has 2 amide bonds. The van der Waals surface area contributed by atoms with Crippen molar-refractivity contribution < 1.29 is 9.59 Å². The normalized spacial score (nSPS) is 14.9. The van der Waals surface area contributed by atoms with Gasteiger partial charge in [-0.2, -0.15) is 0 Å². The molecule has 0 atom stereocenters. The number of amides is 2. The van der Waals surface area contributed by atoms with Crippen molar-refractivity contribution in [2.45, 2.75) is 0 Å². The summed E-state index contributed by atoms with van der Waals surface area (Å²) >= 11 is 0. The maximum absolute atomic E-state index is 11.5. The van der Waals surface area contributed by atoms with Gasteiger partial charge >= 0.3 is 0 Å². The van der Waals surface area contributed by atoms with E-state index in [1.165, 1.54) is 6.08 Å². The minimum Gasteiger partial charge on any atom is -0.289 e. The first-order valence-corrected chi connectivity index (χ1v) is 5.17. The van der Waals surface area contributed by atoms with Crippen LogP contribution in [0.3, 0.4) is 0 Å². The van der Waals surface area contributed by atoms with E-state index in [1.54, 1.807) is 6.07 Å². The van der Waals surface area contributed by atoms with E-state index in [1.807, 2.05) is 30.3 Å². The molecule has 4 nitrogen and oxygen atoms in total. The van der Waals surface area contributed by atoms with E-state index < -0.39 is 5.91 Å². The van der Waals surface area contributed by atoms with Crippen molar-refractivity contribution in [1.82, 2.24) is 10.3 Å². The predicted octanol–water partition coefficient (Wildman–Crippen LogP) is 1.27. The highest BCUT2D eigenvalue weighted by Gasteiger charge is 2.23. The number of carbonyl (C=O) groups excluding carboxylic acids is 2. The van der Waals surface area contributed by atoms with Gasteiger partial charge < -0.3 is 0 Å². The second-order valence-electron chi connectivity index (χ2n) is 3.77. The standard InChI is InChI=1S/C13H8N2O2/c16-12-7-9(13(17)15-12)11-6-5-8-3-1-2-4-10(8)14-11/h1-7H,(H,15,16,17). The minimum atomic E-state index is -0.391. The average Bonchev–Trinajstić information content (AvgIpc) is 2.68. The number of imide groups is 1. The highest BCUT2D eigenvalue weighted by atomic mass is 16.2. The summed E-state index contributed by atoms with van der Waals surface area (Å²) in [6.45, 7) is 0. The molecule has 1 aromatic heterocycles. The Labute approximate surface area is 97.0 Å². The van der Waals surface area contributed by atoms with Crippen LogP contribution in [0.15, 0.2) is 42.5 Å². The molecule has 0 radical (unpaired) electrons. The zero-order valence-electron chi connectivity index (χ0n) is 8.81. The Hall–Kier alpha value is -2.49. The number of carbonyl (C=O) groups is 2. The molecule has 0 bridgehead atoms. The molecule has 17 heavy (non-hydrogen) atoms. The van der Waals surface area contributed by atoms with Crippen molar-refractivity contribution in [2.75, 3.05) is 0 Å². The molecule has 0 saturated heterocycles. The zero-order chi connectivity index (χ0) is 11.8. The number of hydrogen-bond acceptors (Lipinski definition) is 3. The van der Waals surface area contributed by atoms with E-state index in [0.717, 1.165) is 10.9 Å². The van der Waals surface area contributed by atoms with Crippen LogP contribution in [-0.4, -0.2) is 16.8 Å². The van der Waals surface area contributed by atoms with E-state index >= 15 is 0 Å². The van der Waals surface area contributed by atoms with Crippen LogP contribution in [0, 0.1) is 0 Å². The highest BCUT2D eigenvalue weighted by Crippen LogP contribution is 2.19. The van der Waals surface area contributed by atoms with Crippen LogP contribution < -0.4 is 5.32 Å². The molecule has 1 aromatic carbocycles. The predicted molar refractivity (Wildman–Crippen MR) is 62.9 cm³/mol. The monoisotopic (exact) mass is 224 g/mol. The lowest BCUT2D eigenvalue weighted by Gasteiger charge is -2.01. The number of rotatable bonds is 1. The Morgan fingerprint density at radius 3 is 2.59 bits per heavy atom. The smallest absolute Gasteiger partial charge is 0.260 e. The van der Waals surface area contributed by atoms with E-state index in [4.69, 9.17) is 0 Å². The Morgan fingerprint density at radius 2 is 1.82 bits per heavy atom. The van der Waals surface area contributed by atoms with Gasteiger partial charge in [0.1, 0.15) is 0 Å². The van der Waals surface area contributed by atoms with Gasteiger partial charge in [-0.05, 0) is 12.1 Å². The van der Waals surface area contributed by atoms with Gasteiger partial charge in [-0.1, -0.05) is 24.3 Å². The topological polar surface area (TPSA) is 59.1 Å². The lowest BCUT2D eigenvalue weighted by Crippen LogP contribution is -2.21. The largest absolute Gasteiger partial charge is 0.289 e. The van der Waals surface area contributed by atoms with Gasteiger partial charge in [0.2, 0.25) is 0 Å². The van der Waals surface area contributed by atoms with Crippen LogP contribution in [0.4, 0.5) is 0 Å². The molecule has 3 rings (SSSR count). The van der Waals surface area contributed by atoms with Crippen LogP contribution in [0.5, 0.6) is 0 Å². The van der Waals surface area contributed by atoms with Crippen LogP contribution in [0.1, 0.15) is 5.69 Å². The Balaban J connectivity index is 2.16. The summed E-state index contributed by atoms with van der Waals surface area (Å²) in [6.07, 6.45) is 1.28. The SMILES string of the molecule is O=C1C=C(c2ccc3ccccc3n2)C(=O)N1. The van der Waals surface area contributed by atoms with Gasteiger partial charge in [0.15, 0.2) is 0 Å². The second kappa shape index (κ2) is 3.52. The molecule has 0 fully saturated rings. The second-order valence-corrected chi connectivity index (χ2v) is 3.77. The molecule has 1 aliphatic heterocycles. The van der Waals surface area contributed by atoms with Crippen molar-refractivity contribution >= 4 is 28.3 Å². The lowest BCUT2D eigenvalue weighted by molar-refractivity contribution is -0.123. The fraction of sp³-hybridized carbons (Fsp3) is 0. The number of fused-ring (bicyclic) bond motifs is 1. The van der Waals surface area contributed by atoms with Crippen LogP contribution in [-0.2, 0) is 9.59 Å². The molecule has 0 unspecified atom stereocenters. The van der Waals surface area contributed by atoms with Crippen molar-refractivity contribution in [3.8, 4) is 0 Å². The third kappa shape index (κ3) is 1.59. The van der Waals surface area contributed by atoms with E-state index in [-0.39, 0.29) is 5.91 Å². The van der Waals surface area contributed by atoms with Gasteiger partial charge in [-0.15, -0.1) is 0 Å². The molecule has 2 aromatic rings. The molecule has 1 aliphatic rings. The molecule has 2 heterocycles. The molecule has 0 aliphatic carbocycles. The van der Waals surface area contributed by atoms with Gasteiger partial charge in [0.05, 0.1) is 16.8 Å². The van der Waals surface area contributed by atoms with Crippen molar-refractivity contribution in [3.05, 3.63) is 48.2 Å². The Bertz CT molecular complexity index is 674. The van der Waals surface area contributed by atoms with Crippen LogP contribution in [0.2, 0.25) is 0 Å².